The smallest absolute Gasteiger partial charge is 0.412 e. The number of rotatable bonds is 8. The maximum atomic E-state index is 12.0. The maximum absolute atomic E-state index is 12.0. The van der Waals surface area contributed by atoms with Crippen LogP contribution in [0.2, 0.25) is 25.7 Å². The number of imidazole rings is 1. The number of anilines is 1. The molecular formula is C19H30BrN3O3S2Si. The summed E-state index contributed by atoms with van der Waals surface area (Å²) in [6, 6.07) is 3.04. The number of thioether (sulfide) groups is 1. The van der Waals surface area contributed by atoms with E-state index in [1.165, 1.54) is 11.3 Å². The second-order valence-electron chi connectivity index (χ2n) is 8.84. The number of aromatic nitrogens is 2. The average molecular weight is 521 g/mol. The zero-order valence-electron chi connectivity index (χ0n) is 18.1. The van der Waals surface area contributed by atoms with Gasteiger partial charge in [-0.25, -0.2) is 9.78 Å². The molecule has 2 heterocycles. The molecule has 162 valence electrons. The van der Waals surface area contributed by atoms with E-state index in [1.54, 1.807) is 11.8 Å². The summed E-state index contributed by atoms with van der Waals surface area (Å²) >= 11 is 6.78. The number of amides is 1. The van der Waals surface area contributed by atoms with Gasteiger partial charge in [0, 0.05) is 20.1 Å². The number of ether oxygens (including phenoxy) is 2. The molecule has 0 aliphatic carbocycles. The fraction of sp³-hybridized carbons (Fsp3) is 0.579. The van der Waals surface area contributed by atoms with Crippen LogP contribution in [0.15, 0.2) is 21.2 Å². The topological polar surface area (TPSA) is 65.4 Å². The molecule has 2 aromatic heterocycles. The standard InChI is InChI=1S/C19H30BrN3O3S2Si/c1-19(2,3)26-18(24)21-13-10-14(28-11-13)15-16(20)23(17(22-15)27-4)12-25-8-9-29(5,6)7/h10-11H,8-9,12H2,1-7H3,(H,21,24). The SMILES string of the molecule is CSc1nc(-c2cc(NC(=O)OC(C)(C)C)cs2)c(Br)n1COCC[Si](C)(C)C. The Morgan fingerprint density at radius 2 is 2.07 bits per heavy atom. The van der Waals surface area contributed by atoms with Crippen molar-refractivity contribution in [2.24, 2.45) is 0 Å². The highest BCUT2D eigenvalue weighted by atomic mass is 79.9. The van der Waals surface area contributed by atoms with Gasteiger partial charge in [-0.05, 0) is 55.1 Å². The summed E-state index contributed by atoms with van der Waals surface area (Å²) in [7, 11) is -1.11. The molecule has 0 aliphatic heterocycles. The van der Waals surface area contributed by atoms with Gasteiger partial charge in [0.2, 0.25) is 0 Å². The summed E-state index contributed by atoms with van der Waals surface area (Å²) in [5.74, 6) is 0. The molecule has 1 amide bonds. The van der Waals surface area contributed by atoms with Crippen LogP contribution in [0.25, 0.3) is 10.6 Å². The van der Waals surface area contributed by atoms with Gasteiger partial charge in [-0.2, -0.15) is 0 Å². The van der Waals surface area contributed by atoms with E-state index in [4.69, 9.17) is 14.5 Å². The molecule has 1 N–H and O–H groups in total. The van der Waals surface area contributed by atoms with E-state index in [-0.39, 0.29) is 0 Å². The van der Waals surface area contributed by atoms with E-state index in [0.29, 0.717) is 12.4 Å². The normalized spacial score (nSPS) is 12.3. The first-order valence-corrected chi connectivity index (χ1v) is 16.0. The first-order valence-electron chi connectivity index (χ1n) is 9.36. The molecule has 0 saturated carbocycles. The zero-order chi connectivity index (χ0) is 21.8. The van der Waals surface area contributed by atoms with Gasteiger partial charge in [-0.15, -0.1) is 11.3 Å². The lowest BCUT2D eigenvalue weighted by atomic mass is 10.2. The molecule has 0 aromatic carbocycles. The van der Waals surface area contributed by atoms with Crippen LogP contribution < -0.4 is 5.32 Å². The summed E-state index contributed by atoms with van der Waals surface area (Å²) in [4.78, 5) is 17.7. The molecule has 0 fully saturated rings. The summed E-state index contributed by atoms with van der Waals surface area (Å²) < 4.78 is 14.1. The van der Waals surface area contributed by atoms with Crippen LogP contribution in [0, 0.1) is 0 Å². The van der Waals surface area contributed by atoms with E-state index >= 15 is 0 Å². The molecule has 29 heavy (non-hydrogen) atoms. The van der Waals surface area contributed by atoms with Crippen LogP contribution in [-0.4, -0.2) is 42.2 Å². The minimum Gasteiger partial charge on any atom is -0.444 e. The van der Waals surface area contributed by atoms with Crippen molar-refractivity contribution in [2.45, 2.75) is 63.9 Å². The van der Waals surface area contributed by atoms with Gasteiger partial charge in [0.1, 0.15) is 22.6 Å². The van der Waals surface area contributed by atoms with Crippen molar-refractivity contribution >= 4 is 58.9 Å². The maximum Gasteiger partial charge on any atom is 0.412 e. The third kappa shape index (κ3) is 7.75. The van der Waals surface area contributed by atoms with Crippen molar-refractivity contribution in [3.8, 4) is 10.6 Å². The highest BCUT2D eigenvalue weighted by molar-refractivity contribution is 9.10. The van der Waals surface area contributed by atoms with Crippen molar-refractivity contribution in [2.75, 3.05) is 18.2 Å². The number of thiophene rings is 1. The summed E-state index contributed by atoms with van der Waals surface area (Å²) in [5, 5.41) is 5.54. The van der Waals surface area contributed by atoms with E-state index in [2.05, 4.69) is 40.9 Å². The molecule has 10 heteroatoms. The van der Waals surface area contributed by atoms with Crippen LogP contribution in [0.4, 0.5) is 10.5 Å². The molecule has 0 aliphatic rings. The van der Waals surface area contributed by atoms with Crippen molar-refractivity contribution in [1.82, 2.24) is 9.55 Å². The molecule has 0 spiro atoms. The lowest BCUT2D eigenvalue weighted by Crippen LogP contribution is -2.27. The monoisotopic (exact) mass is 519 g/mol. The van der Waals surface area contributed by atoms with Crippen LogP contribution in [-0.2, 0) is 16.2 Å². The Hall–Kier alpha value is -0.813. The summed E-state index contributed by atoms with van der Waals surface area (Å²) in [5.41, 5.74) is 0.996. The Bertz CT molecular complexity index is 841. The fourth-order valence-electron chi connectivity index (χ4n) is 2.32. The van der Waals surface area contributed by atoms with Crippen LogP contribution in [0.5, 0.6) is 0 Å². The van der Waals surface area contributed by atoms with Gasteiger partial charge in [0.05, 0.1) is 10.6 Å². The fourth-order valence-corrected chi connectivity index (χ4v) is 5.27. The van der Waals surface area contributed by atoms with Crippen LogP contribution >= 0.6 is 39.0 Å². The third-order valence-electron chi connectivity index (χ3n) is 3.75. The summed E-state index contributed by atoms with van der Waals surface area (Å²) in [6.07, 6.45) is 1.54. The predicted octanol–water partition coefficient (Wildman–Crippen LogP) is 6.76. The molecule has 0 unspecified atom stereocenters. The third-order valence-corrected chi connectivity index (χ3v) is 7.87. The number of carbonyl (C=O) groups is 1. The molecule has 0 saturated heterocycles. The molecular weight excluding hydrogens is 490 g/mol. The van der Waals surface area contributed by atoms with Gasteiger partial charge in [0.15, 0.2) is 5.16 Å². The predicted molar refractivity (Wildman–Crippen MR) is 129 cm³/mol. The minimum absolute atomic E-state index is 0.461. The highest BCUT2D eigenvalue weighted by Crippen LogP contribution is 2.37. The highest BCUT2D eigenvalue weighted by Gasteiger charge is 2.20. The van der Waals surface area contributed by atoms with Crippen molar-refractivity contribution in [3.63, 3.8) is 0 Å². The van der Waals surface area contributed by atoms with Gasteiger partial charge in [0.25, 0.3) is 0 Å². The second kappa shape index (κ2) is 10.00. The van der Waals surface area contributed by atoms with Gasteiger partial charge in [-0.3, -0.25) is 9.88 Å². The number of hydrogen-bond donors (Lipinski definition) is 1. The summed E-state index contributed by atoms with van der Waals surface area (Å²) in [6.45, 7) is 13.8. The van der Waals surface area contributed by atoms with E-state index in [9.17, 15) is 4.79 Å². The van der Waals surface area contributed by atoms with Crippen LogP contribution in [0.1, 0.15) is 20.8 Å². The van der Waals surface area contributed by atoms with Crippen molar-refractivity contribution in [3.05, 3.63) is 16.0 Å². The van der Waals surface area contributed by atoms with E-state index in [1.807, 2.05) is 43.0 Å². The first kappa shape index (κ1) is 24.5. The Balaban J connectivity index is 2.10. The average Bonchev–Trinajstić information content (AvgIpc) is 3.13. The first-order chi connectivity index (χ1) is 13.4. The lowest BCUT2D eigenvalue weighted by Gasteiger charge is -2.19. The second-order valence-corrected chi connectivity index (χ2v) is 16.9. The van der Waals surface area contributed by atoms with Crippen molar-refractivity contribution in [1.29, 1.82) is 0 Å². The van der Waals surface area contributed by atoms with Gasteiger partial charge in [-0.1, -0.05) is 31.4 Å². The molecule has 2 aromatic rings. The van der Waals surface area contributed by atoms with E-state index in [0.717, 1.165) is 33.0 Å². The van der Waals surface area contributed by atoms with Gasteiger partial charge < -0.3 is 9.47 Å². The zero-order valence-corrected chi connectivity index (χ0v) is 22.3. The quantitative estimate of drug-likeness (QED) is 0.237. The van der Waals surface area contributed by atoms with E-state index < -0.39 is 19.8 Å². The van der Waals surface area contributed by atoms with Crippen LogP contribution in [0.3, 0.4) is 0 Å². The number of halogens is 1. The Kier molecular flexibility index (Phi) is 8.43. The van der Waals surface area contributed by atoms with Crippen molar-refractivity contribution < 1.29 is 14.3 Å². The molecule has 0 atom stereocenters. The number of hydrogen-bond acceptors (Lipinski definition) is 6. The lowest BCUT2D eigenvalue weighted by molar-refractivity contribution is 0.0636. The number of carbonyl (C=O) groups excluding carboxylic acids is 1. The minimum atomic E-state index is -1.11. The molecule has 2 rings (SSSR count). The molecule has 6 nitrogen and oxygen atoms in total. The Morgan fingerprint density at radius 3 is 2.66 bits per heavy atom. The Labute approximate surface area is 190 Å². The largest absolute Gasteiger partial charge is 0.444 e. The van der Waals surface area contributed by atoms with Gasteiger partial charge >= 0.3 is 6.09 Å². The number of nitrogens with one attached hydrogen (secondary N) is 1. The molecule has 0 radical (unpaired) electrons. The Morgan fingerprint density at radius 1 is 1.38 bits per heavy atom. The molecule has 0 bridgehead atoms. The number of nitrogens with zero attached hydrogens (tertiary/aromatic N) is 2.